The van der Waals surface area contributed by atoms with E-state index >= 15 is 0 Å². The molecule has 0 spiro atoms. The molecular weight excluding hydrogens is 410 g/mol. The summed E-state index contributed by atoms with van der Waals surface area (Å²) in [5.41, 5.74) is 13.4. The average molecular weight is 440 g/mol. The van der Waals surface area contributed by atoms with Gasteiger partial charge in [0.25, 0.3) is 0 Å². The SMILES string of the molecule is C[C@]1(NCc2ccc(N)cn2)CCC[C@@H](Nc2ncc3c(n2)-c2c[nH]c4cccc(c24)C3)C1. The molecule has 7 nitrogen and oxygen atoms in total. The van der Waals surface area contributed by atoms with Gasteiger partial charge in [-0.1, -0.05) is 12.1 Å². The molecule has 2 aliphatic carbocycles. The molecule has 4 aromatic rings. The molecule has 0 radical (unpaired) electrons. The van der Waals surface area contributed by atoms with E-state index in [1.807, 2.05) is 18.3 Å². The Bertz CT molecular complexity index is 1310. The molecule has 168 valence electrons. The van der Waals surface area contributed by atoms with Crippen LogP contribution in [0.2, 0.25) is 0 Å². The van der Waals surface area contributed by atoms with Gasteiger partial charge in [0, 0.05) is 59.0 Å². The molecule has 5 N–H and O–H groups in total. The molecule has 0 aliphatic heterocycles. The average Bonchev–Trinajstić information content (AvgIpc) is 3.25. The van der Waals surface area contributed by atoms with Crippen LogP contribution in [0, 0.1) is 0 Å². The summed E-state index contributed by atoms with van der Waals surface area (Å²) in [6, 6.07) is 10.7. The maximum Gasteiger partial charge on any atom is 0.223 e. The summed E-state index contributed by atoms with van der Waals surface area (Å²) in [5, 5.41) is 8.66. The van der Waals surface area contributed by atoms with Gasteiger partial charge in [-0.25, -0.2) is 9.97 Å². The third-order valence-electron chi connectivity index (χ3n) is 7.15. The highest BCUT2D eigenvalue weighted by Gasteiger charge is 2.32. The molecule has 2 aliphatic rings. The van der Waals surface area contributed by atoms with E-state index in [9.17, 15) is 0 Å². The number of pyridine rings is 1. The van der Waals surface area contributed by atoms with Gasteiger partial charge < -0.3 is 21.4 Å². The number of anilines is 2. The Balaban J connectivity index is 1.18. The number of fused-ring (bicyclic) bond motifs is 2. The number of aromatic amines is 1. The number of nitrogens with one attached hydrogen (secondary N) is 3. The van der Waals surface area contributed by atoms with Gasteiger partial charge in [0.05, 0.1) is 23.3 Å². The Kier molecular flexibility index (Phi) is 4.80. The minimum Gasteiger partial charge on any atom is -0.397 e. The van der Waals surface area contributed by atoms with Crippen LogP contribution in [0.5, 0.6) is 0 Å². The molecule has 3 heterocycles. The van der Waals surface area contributed by atoms with Crippen molar-refractivity contribution >= 4 is 22.5 Å². The first-order valence-electron chi connectivity index (χ1n) is 11.7. The van der Waals surface area contributed by atoms with Crippen LogP contribution >= 0.6 is 0 Å². The fourth-order valence-corrected chi connectivity index (χ4v) is 5.44. The molecule has 7 heteroatoms. The first kappa shape index (κ1) is 20.2. The van der Waals surface area contributed by atoms with Gasteiger partial charge in [-0.05, 0) is 56.4 Å². The van der Waals surface area contributed by atoms with Crippen molar-refractivity contribution in [3.63, 3.8) is 0 Å². The van der Waals surface area contributed by atoms with Gasteiger partial charge in [-0.2, -0.15) is 0 Å². The van der Waals surface area contributed by atoms with Crippen molar-refractivity contribution in [2.45, 2.75) is 57.2 Å². The predicted octanol–water partition coefficient (Wildman–Crippen LogP) is 4.41. The van der Waals surface area contributed by atoms with Crippen LogP contribution in [-0.2, 0) is 13.0 Å². The quantitative estimate of drug-likeness (QED) is 0.323. The number of nitrogens with zero attached hydrogens (tertiary/aromatic N) is 3. The van der Waals surface area contributed by atoms with Crippen LogP contribution in [0.1, 0.15) is 49.4 Å². The highest BCUT2D eigenvalue weighted by molar-refractivity contribution is 5.99. The van der Waals surface area contributed by atoms with Crippen molar-refractivity contribution in [2.24, 2.45) is 0 Å². The molecule has 1 saturated carbocycles. The van der Waals surface area contributed by atoms with E-state index < -0.39 is 0 Å². The van der Waals surface area contributed by atoms with Crippen LogP contribution in [0.4, 0.5) is 11.6 Å². The van der Waals surface area contributed by atoms with E-state index in [-0.39, 0.29) is 5.54 Å². The lowest BCUT2D eigenvalue weighted by Gasteiger charge is -2.39. The second kappa shape index (κ2) is 7.85. The molecule has 3 aromatic heterocycles. The largest absolute Gasteiger partial charge is 0.397 e. The molecule has 1 fully saturated rings. The van der Waals surface area contributed by atoms with Crippen molar-refractivity contribution in [1.82, 2.24) is 25.3 Å². The summed E-state index contributed by atoms with van der Waals surface area (Å²) >= 11 is 0. The Morgan fingerprint density at radius 1 is 1.15 bits per heavy atom. The standard InChI is InChI=1S/C26H29N7/c1-26(31-14-20-8-7-18(27)13-28-20)9-3-5-19(11-26)32-25-30-12-17-10-16-4-2-6-22-23(16)21(15-29-22)24(17)33-25/h2,4,6-8,12-13,15,19,29,31H,3,5,9-11,14,27H2,1H3,(H,30,32,33)/t19-,26+/m1/s1. The molecule has 1 aromatic carbocycles. The third kappa shape index (κ3) is 3.82. The van der Waals surface area contributed by atoms with Gasteiger partial charge in [0.15, 0.2) is 0 Å². The van der Waals surface area contributed by atoms with Crippen LogP contribution in [0.25, 0.3) is 22.2 Å². The monoisotopic (exact) mass is 439 g/mol. The molecular formula is C26H29N7. The van der Waals surface area contributed by atoms with Crippen molar-refractivity contribution in [1.29, 1.82) is 0 Å². The van der Waals surface area contributed by atoms with Crippen molar-refractivity contribution in [2.75, 3.05) is 11.1 Å². The molecule has 0 unspecified atom stereocenters. The fraction of sp³-hybridized carbons (Fsp3) is 0.346. The highest BCUT2D eigenvalue weighted by atomic mass is 15.1. The molecule has 0 amide bonds. The summed E-state index contributed by atoms with van der Waals surface area (Å²) < 4.78 is 0. The number of hydrogen-bond acceptors (Lipinski definition) is 6. The minimum atomic E-state index is 0.0406. The normalized spacial score (nSPS) is 21.7. The zero-order chi connectivity index (χ0) is 22.4. The number of nitrogens with two attached hydrogens (primary N) is 1. The Labute approximate surface area is 193 Å². The maximum atomic E-state index is 5.76. The number of H-pyrrole nitrogens is 1. The Morgan fingerprint density at radius 3 is 2.97 bits per heavy atom. The van der Waals surface area contributed by atoms with E-state index in [4.69, 9.17) is 10.7 Å². The molecule has 6 rings (SSSR count). The van der Waals surface area contributed by atoms with Crippen LogP contribution in [0.3, 0.4) is 0 Å². The zero-order valence-electron chi connectivity index (χ0n) is 18.9. The van der Waals surface area contributed by atoms with Crippen LogP contribution < -0.4 is 16.4 Å². The highest BCUT2D eigenvalue weighted by Crippen LogP contribution is 2.38. The number of hydrogen-bond donors (Lipinski definition) is 4. The molecule has 0 bridgehead atoms. The number of nitrogen functional groups attached to an aromatic ring is 1. The Morgan fingerprint density at radius 2 is 2.09 bits per heavy atom. The Hall–Kier alpha value is -3.45. The van der Waals surface area contributed by atoms with Crippen molar-refractivity contribution < 1.29 is 0 Å². The van der Waals surface area contributed by atoms with Crippen molar-refractivity contribution in [3.05, 3.63) is 65.7 Å². The van der Waals surface area contributed by atoms with Crippen LogP contribution in [0.15, 0.2) is 48.9 Å². The number of aromatic nitrogens is 4. The van der Waals surface area contributed by atoms with E-state index in [1.54, 1.807) is 6.20 Å². The molecule has 33 heavy (non-hydrogen) atoms. The summed E-state index contributed by atoms with van der Waals surface area (Å²) in [6.45, 7) is 3.04. The summed E-state index contributed by atoms with van der Waals surface area (Å²) in [4.78, 5) is 17.5. The summed E-state index contributed by atoms with van der Waals surface area (Å²) in [5.74, 6) is 0.719. The number of rotatable bonds is 5. The van der Waals surface area contributed by atoms with E-state index in [1.165, 1.54) is 27.6 Å². The maximum absolute atomic E-state index is 5.76. The molecule has 2 atom stereocenters. The zero-order valence-corrected chi connectivity index (χ0v) is 18.9. The van der Waals surface area contributed by atoms with Gasteiger partial charge in [-0.3, -0.25) is 4.98 Å². The summed E-state index contributed by atoms with van der Waals surface area (Å²) in [6.07, 6.45) is 11.1. The first-order chi connectivity index (χ1) is 16.1. The minimum absolute atomic E-state index is 0.0406. The van der Waals surface area contributed by atoms with Gasteiger partial charge in [0.1, 0.15) is 0 Å². The topological polar surface area (TPSA) is 105 Å². The first-order valence-corrected chi connectivity index (χ1v) is 11.7. The van der Waals surface area contributed by atoms with Gasteiger partial charge in [0.2, 0.25) is 5.95 Å². The number of benzene rings is 1. The smallest absolute Gasteiger partial charge is 0.223 e. The van der Waals surface area contributed by atoms with Crippen molar-refractivity contribution in [3.8, 4) is 11.3 Å². The predicted molar refractivity (Wildman–Crippen MR) is 132 cm³/mol. The second-order valence-corrected chi connectivity index (χ2v) is 9.72. The lowest BCUT2D eigenvalue weighted by atomic mass is 9.80. The molecule has 0 saturated heterocycles. The van der Waals surface area contributed by atoms with E-state index in [0.717, 1.165) is 56.0 Å². The lowest BCUT2D eigenvalue weighted by molar-refractivity contribution is 0.238. The van der Waals surface area contributed by atoms with Gasteiger partial charge >= 0.3 is 0 Å². The van der Waals surface area contributed by atoms with E-state index in [0.29, 0.717) is 11.7 Å². The fourth-order valence-electron chi connectivity index (χ4n) is 5.44. The summed E-state index contributed by atoms with van der Waals surface area (Å²) in [7, 11) is 0. The van der Waals surface area contributed by atoms with E-state index in [2.05, 4.69) is 56.9 Å². The third-order valence-corrected chi connectivity index (χ3v) is 7.15. The van der Waals surface area contributed by atoms with Gasteiger partial charge in [-0.15, -0.1) is 0 Å². The van der Waals surface area contributed by atoms with Crippen LogP contribution in [-0.4, -0.2) is 31.5 Å². The second-order valence-electron chi connectivity index (χ2n) is 9.72. The lowest BCUT2D eigenvalue weighted by Crippen LogP contribution is -2.48.